The summed E-state index contributed by atoms with van der Waals surface area (Å²) in [5.74, 6) is -0.202. The van der Waals surface area contributed by atoms with E-state index in [-0.39, 0.29) is 5.91 Å². The number of thiocarbonyl (C=S) groups is 1. The molecular formula is C21H18BrNO4S2. The van der Waals surface area contributed by atoms with Crippen LogP contribution in [0.15, 0.2) is 57.9 Å². The van der Waals surface area contributed by atoms with Crippen molar-refractivity contribution >= 4 is 62.2 Å². The highest BCUT2D eigenvalue weighted by Gasteiger charge is 2.38. The smallest absolute Gasteiger partial charge is 0.328 e. The Morgan fingerprint density at radius 1 is 1.28 bits per heavy atom. The van der Waals surface area contributed by atoms with Gasteiger partial charge in [-0.3, -0.25) is 9.69 Å². The molecule has 2 aromatic carbocycles. The number of hydrogen-bond donors (Lipinski definition) is 0. The number of nitrogens with zero attached hydrogens (tertiary/aromatic N) is 1. The van der Waals surface area contributed by atoms with E-state index in [1.165, 1.54) is 12.0 Å². The molecule has 29 heavy (non-hydrogen) atoms. The van der Waals surface area contributed by atoms with Gasteiger partial charge in [0.1, 0.15) is 22.7 Å². The molecule has 1 aliphatic heterocycles. The van der Waals surface area contributed by atoms with Crippen LogP contribution in [0.2, 0.25) is 0 Å². The number of methoxy groups -OCH3 is 1. The number of carbonyl (C=O) groups excluding carboxylic acids is 2. The minimum absolute atomic E-state index is 0.320. The van der Waals surface area contributed by atoms with Gasteiger partial charge < -0.3 is 9.47 Å². The lowest BCUT2D eigenvalue weighted by atomic mass is 10.1. The Labute approximate surface area is 187 Å². The number of hydrogen-bond acceptors (Lipinski definition) is 6. The number of halogens is 1. The van der Waals surface area contributed by atoms with E-state index in [9.17, 15) is 9.59 Å². The third kappa shape index (κ3) is 5.07. The van der Waals surface area contributed by atoms with E-state index in [0.29, 0.717) is 21.6 Å². The zero-order valence-electron chi connectivity index (χ0n) is 15.8. The summed E-state index contributed by atoms with van der Waals surface area (Å²) in [4.78, 5) is 26.4. The number of ether oxygens (including phenoxy) is 2. The molecule has 1 saturated heterocycles. The second-order valence-electron chi connectivity index (χ2n) is 6.21. The van der Waals surface area contributed by atoms with Gasteiger partial charge in [0, 0.05) is 10.0 Å². The molecule has 2 aromatic rings. The SMILES string of the molecule is COC(=O)[C@@H](C)N1C(=O)/C(=C/c2cc(Br)ccc2OCc2ccccc2)SC1=S. The monoisotopic (exact) mass is 491 g/mol. The molecule has 0 N–H and O–H groups in total. The standard InChI is InChI=1S/C21H18BrNO4S2/c1-13(20(25)26-2)23-19(24)18(29-21(23)28)11-15-10-16(22)8-9-17(15)27-12-14-6-4-3-5-7-14/h3-11,13H,12H2,1-2H3/b18-11-/t13-/m1/s1. The van der Waals surface area contributed by atoms with E-state index < -0.39 is 12.0 Å². The molecule has 1 fully saturated rings. The lowest BCUT2D eigenvalue weighted by molar-refractivity contribution is -0.147. The molecule has 0 spiro atoms. The van der Waals surface area contributed by atoms with Gasteiger partial charge in [-0.2, -0.15) is 0 Å². The van der Waals surface area contributed by atoms with Crippen molar-refractivity contribution in [1.29, 1.82) is 0 Å². The van der Waals surface area contributed by atoms with Crippen LogP contribution in [0, 0.1) is 0 Å². The average Bonchev–Trinajstić information content (AvgIpc) is 3.00. The molecule has 0 bridgehead atoms. The molecule has 3 rings (SSSR count). The number of carbonyl (C=O) groups is 2. The van der Waals surface area contributed by atoms with E-state index in [2.05, 4.69) is 15.9 Å². The van der Waals surface area contributed by atoms with E-state index >= 15 is 0 Å². The summed E-state index contributed by atoms with van der Waals surface area (Å²) >= 11 is 9.92. The Balaban J connectivity index is 1.86. The van der Waals surface area contributed by atoms with Crippen molar-refractivity contribution in [2.75, 3.05) is 7.11 Å². The molecule has 0 aliphatic carbocycles. The van der Waals surface area contributed by atoms with Gasteiger partial charge in [-0.05, 0) is 36.8 Å². The summed E-state index contributed by atoms with van der Waals surface area (Å²) in [7, 11) is 1.28. The fraction of sp³-hybridized carbons (Fsp3) is 0.190. The Hall–Kier alpha value is -2.16. The molecule has 0 saturated carbocycles. The molecule has 1 amide bonds. The highest BCUT2D eigenvalue weighted by Crippen LogP contribution is 2.36. The normalized spacial score (nSPS) is 16.2. The van der Waals surface area contributed by atoms with Crippen molar-refractivity contribution in [3.05, 3.63) is 69.0 Å². The zero-order valence-corrected chi connectivity index (χ0v) is 19.0. The molecule has 1 heterocycles. The molecule has 0 unspecified atom stereocenters. The number of thioether (sulfide) groups is 1. The molecule has 0 aromatic heterocycles. The van der Waals surface area contributed by atoms with Crippen LogP contribution >= 0.6 is 39.9 Å². The van der Waals surface area contributed by atoms with Crippen molar-refractivity contribution in [1.82, 2.24) is 4.90 Å². The van der Waals surface area contributed by atoms with E-state index in [1.54, 1.807) is 13.0 Å². The van der Waals surface area contributed by atoms with Crippen LogP contribution in [0.3, 0.4) is 0 Å². The number of esters is 1. The van der Waals surface area contributed by atoms with E-state index in [0.717, 1.165) is 27.4 Å². The molecule has 5 nitrogen and oxygen atoms in total. The first-order valence-electron chi connectivity index (χ1n) is 8.72. The molecule has 1 atom stereocenters. The summed E-state index contributed by atoms with van der Waals surface area (Å²) in [6.45, 7) is 2.00. The molecule has 1 aliphatic rings. The highest BCUT2D eigenvalue weighted by atomic mass is 79.9. The number of rotatable bonds is 6. The molecule has 150 valence electrons. The van der Waals surface area contributed by atoms with Gasteiger partial charge in [0.25, 0.3) is 5.91 Å². The minimum atomic E-state index is -0.783. The number of amides is 1. The van der Waals surface area contributed by atoms with Gasteiger partial charge in [0.15, 0.2) is 0 Å². The van der Waals surface area contributed by atoms with Crippen LogP contribution in [0.5, 0.6) is 5.75 Å². The quantitative estimate of drug-likeness (QED) is 0.329. The topological polar surface area (TPSA) is 55.8 Å². The van der Waals surface area contributed by atoms with Gasteiger partial charge in [-0.1, -0.05) is 70.2 Å². The fourth-order valence-corrected chi connectivity index (χ4v) is 4.52. The van der Waals surface area contributed by atoms with Crippen LogP contribution in [0.4, 0.5) is 0 Å². The molecular weight excluding hydrogens is 474 g/mol. The van der Waals surface area contributed by atoms with Gasteiger partial charge in [0.05, 0.1) is 12.0 Å². The Kier molecular flexibility index (Phi) is 7.10. The van der Waals surface area contributed by atoms with Gasteiger partial charge in [-0.25, -0.2) is 4.79 Å². The lowest BCUT2D eigenvalue weighted by Crippen LogP contribution is -2.42. The maximum absolute atomic E-state index is 12.8. The Morgan fingerprint density at radius 3 is 2.69 bits per heavy atom. The van der Waals surface area contributed by atoms with Crippen molar-refractivity contribution in [3.8, 4) is 5.75 Å². The van der Waals surface area contributed by atoms with Crippen molar-refractivity contribution in [3.63, 3.8) is 0 Å². The second-order valence-corrected chi connectivity index (χ2v) is 8.80. The largest absolute Gasteiger partial charge is 0.488 e. The predicted molar refractivity (Wildman–Crippen MR) is 121 cm³/mol. The predicted octanol–water partition coefficient (Wildman–Crippen LogP) is 4.79. The third-order valence-corrected chi connectivity index (χ3v) is 6.07. The van der Waals surface area contributed by atoms with Gasteiger partial charge in [0.2, 0.25) is 0 Å². The maximum atomic E-state index is 12.8. The van der Waals surface area contributed by atoms with E-state index in [4.69, 9.17) is 21.7 Å². The lowest BCUT2D eigenvalue weighted by Gasteiger charge is -2.20. The minimum Gasteiger partial charge on any atom is -0.488 e. The van der Waals surface area contributed by atoms with Gasteiger partial charge >= 0.3 is 5.97 Å². The third-order valence-electron chi connectivity index (χ3n) is 4.25. The first-order valence-corrected chi connectivity index (χ1v) is 10.7. The van der Waals surface area contributed by atoms with Gasteiger partial charge in [-0.15, -0.1) is 0 Å². The number of benzene rings is 2. The summed E-state index contributed by atoms with van der Waals surface area (Å²) in [6.07, 6.45) is 1.73. The second kappa shape index (κ2) is 9.56. The Bertz CT molecular complexity index is 978. The van der Waals surface area contributed by atoms with E-state index in [1.807, 2.05) is 48.5 Å². The summed E-state index contributed by atoms with van der Waals surface area (Å²) in [6, 6.07) is 14.6. The Morgan fingerprint density at radius 2 is 2.00 bits per heavy atom. The van der Waals surface area contributed by atoms with Crippen LogP contribution in [0.1, 0.15) is 18.1 Å². The van der Waals surface area contributed by atoms with Crippen molar-refractivity contribution in [2.24, 2.45) is 0 Å². The summed E-state index contributed by atoms with van der Waals surface area (Å²) in [5, 5.41) is 0. The van der Waals surface area contributed by atoms with Crippen molar-refractivity contribution in [2.45, 2.75) is 19.6 Å². The molecule has 8 heteroatoms. The zero-order chi connectivity index (χ0) is 21.0. The first-order chi connectivity index (χ1) is 13.9. The summed E-state index contributed by atoms with van der Waals surface area (Å²) in [5.41, 5.74) is 1.78. The van der Waals surface area contributed by atoms with Crippen LogP contribution in [0.25, 0.3) is 6.08 Å². The molecule has 0 radical (unpaired) electrons. The average molecular weight is 492 g/mol. The van der Waals surface area contributed by atoms with Crippen molar-refractivity contribution < 1.29 is 19.1 Å². The highest BCUT2D eigenvalue weighted by molar-refractivity contribution is 9.10. The maximum Gasteiger partial charge on any atom is 0.328 e. The first kappa shape index (κ1) is 21.5. The van der Waals surface area contributed by atoms with Crippen LogP contribution in [-0.4, -0.2) is 34.2 Å². The van der Waals surface area contributed by atoms with Crippen LogP contribution in [-0.2, 0) is 20.9 Å². The fourth-order valence-electron chi connectivity index (χ4n) is 2.73. The summed E-state index contributed by atoms with van der Waals surface area (Å²) < 4.78 is 11.9. The van der Waals surface area contributed by atoms with Crippen LogP contribution < -0.4 is 4.74 Å².